The number of hydrogen-bond acceptors (Lipinski definition) is 2. The summed E-state index contributed by atoms with van der Waals surface area (Å²) >= 11 is 0. The SMILES string of the molecule is CCCC(CNC)Oc1ccc(-c2ccccc2)cc1. The van der Waals surface area contributed by atoms with Crippen LogP contribution in [0.5, 0.6) is 5.75 Å². The van der Waals surface area contributed by atoms with Gasteiger partial charge in [-0.1, -0.05) is 55.8 Å². The van der Waals surface area contributed by atoms with Crippen molar-refractivity contribution in [3.63, 3.8) is 0 Å². The van der Waals surface area contributed by atoms with E-state index >= 15 is 0 Å². The smallest absolute Gasteiger partial charge is 0.119 e. The van der Waals surface area contributed by atoms with Crippen molar-refractivity contribution in [3.8, 4) is 16.9 Å². The van der Waals surface area contributed by atoms with Crippen molar-refractivity contribution in [3.05, 3.63) is 54.6 Å². The minimum absolute atomic E-state index is 0.243. The normalized spacial score (nSPS) is 12.1. The van der Waals surface area contributed by atoms with Gasteiger partial charge in [0, 0.05) is 6.54 Å². The molecule has 0 aliphatic rings. The van der Waals surface area contributed by atoms with Crippen molar-refractivity contribution >= 4 is 0 Å². The van der Waals surface area contributed by atoms with Crippen LogP contribution in [0.15, 0.2) is 54.6 Å². The number of hydrogen-bond donors (Lipinski definition) is 1. The van der Waals surface area contributed by atoms with E-state index < -0.39 is 0 Å². The largest absolute Gasteiger partial charge is 0.489 e. The average Bonchev–Trinajstić information content (AvgIpc) is 2.49. The fourth-order valence-electron chi connectivity index (χ4n) is 2.30. The Bertz CT molecular complexity index is 487. The number of likely N-dealkylation sites (N-methyl/N-ethyl adjacent to an activating group) is 1. The lowest BCUT2D eigenvalue weighted by atomic mass is 10.1. The second-order valence-corrected chi connectivity index (χ2v) is 4.98. The van der Waals surface area contributed by atoms with Gasteiger partial charge in [-0.3, -0.25) is 0 Å². The van der Waals surface area contributed by atoms with Crippen LogP contribution in [-0.4, -0.2) is 19.7 Å². The van der Waals surface area contributed by atoms with Gasteiger partial charge in [0.05, 0.1) is 0 Å². The zero-order valence-electron chi connectivity index (χ0n) is 12.3. The topological polar surface area (TPSA) is 21.3 Å². The molecule has 0 bridgehead atoms. The predicted molar refractivity (Wildman–Crippen MR) is 85.1 cm³/mol. The van der Waals surface area contributed by atoms with Crippen molar-refractivity contribution in [2.75, 3.05) is 13.6 Å². The Morgan fingerprint density at radius 1 is 0.950 bits per heavy atom. The van der Waals surface area contributed by atoms with Crippen molar-refractivity contribution in [2.45, 2.75) is 25.9 Å². The predicted octanol–water partition coefficient (Wildman–Crippen LogP) is 4.12. The van der Waals surface area contributed by atoms with Crippen molar-refractivity contribution in [2.24, 2.45) is 0 Å². The zero-order chi connectivity index (χ0) is 14.2. The van der Waals surface area contributed by atoms with E-state index in [0.29, 0.717) is 0 Å². The molecule has 0 radical (unpaired) electrons. The second kappa shape index (κ2) is 7.71. The van der Waals surface area contributed by atoms with E-state index in [-0.39, 0.29) is 6.10 Å². The highest BCUT2D eigenvalue weighted by atomic mass is 16.5. The molecular formula is C18H23NO. The van der Waals surface area contributed by atoms with Gasteiger partial charge in [-0.25, -0.2) is 0 Å². The maximum absolute atomic E-state index is 6.02. The van der Waals surface area contributed by atoms with Gasteiger partial charge in [0.2, 0.25) is 0 Å². The monoisotopic (exact) mass is 269 g/mol. The lowest BCUT2D eigenvalue weighted by molar-refractivity contribution is 0.189. The molecule has 106 valence electrons. The van der Waals surface area contributed by atoms with E-state index in [1.165, 1.54) is 11.1 Å². The Hall–Kier alpha value is -1.80. The highest BCUT2D eigenvalue weighted by Gasteiger charge is 2.08. The molecule has 2 rings (SSSR count). The van der Waals surface area contributed by atoms with Crippen LogP contribution in [-0.2, 0) is 0 Å². The first-order valence-corrected chi connectivity index (χ1v) is 7.30. The van der Waals surface area contributed by atoms with E-state index in [4.69, 9.17) is 4.74 Å². The van der Waals surface area contributed by atoms with E-state index in [1.54, 1.807) is 0 Å². The molecule has 0 saturated carbocycles. The molecule has 0 aliphatic carbocycles. The summed E-state index contributed by atoms with van der Waals surface area (Å²) in [5, 5.41) is 3.19. The third-order valence-corrected chi connectivity index (χ3v) is 3.31. The summed E-state index contributed by atoms with van der Waals surface area (Å²) < 4.78 is 6.02. The summed E-state index contributed by atoms with van der Waals surface area (Å²) in [5.41, 5.74) is 2.46. The van der Waals surface area contributed by atoms with Crippen LogP contribution >= 0.6 is 0 Å². The Kier molecular flexibility index (Phi) is 5.63. The van der Waals surface area contributed by atoms with E-state index in [9.17, 15) is 0 Å². The van der Waals surface area contributed by atoms with Crippen LogP contribution in [0.3, 0.4) is 0 Å². The van der Waals surface area contributed by atoms with E-state index in [1.807, 2.05) is 13.1 Å². The van der Waals surface area contributed by atoms with Crippen LogP contribution in [0.25, 0.3) is 11.1 Å². The maximum Gasteiger partial charge on any atom is 0.119 e. The molecular weight excluding hydrogens is 246 g/mol. The number of nitrogens with one attached hydrogen (secondary N) is 1. The van der Waals surface area contributed by atoms with Crippen molar-refractivity contribution < 1.29 is 4.74 Å². The third kappa shape index (κ3) is 4.10. The molecule has 1 atom stereocenters. The first kappa shape index (κ1) is 14.6. The molecule has 2 aromatic rings. The van der Waals surface area contributed by atoms with E-state index in [2.05, 4.69) is 60.8 Å². The number of benzene rings is 2. The van der Waals surface area contributed by atoms with Gasteiger partial charge >= 0.3 is 0 Å². The third-order valence-electron chi connectivity index (χ3n) is 3.31. The quantitative estimate of drug-likeness (QED) is 0.816. The van der Waals surface area contributed by atoms with Crippen LogP contribution in [0.1, 0.15) is 19.8 Å². The van der Waals surface area contributed by atoms with Crippen LogP contribution in [0.2, 0.25) is 0 Å². The average molecular weight is 269 g/mol. The second-order valence-electron chi connectivity index (χ2n) is 4.98. The fourth-order valence-corrected chi connectivity index (χ4v) is 2.30. The van der Waals surface area contributed by atoms with E-state index in [0.717, 1.165) is 25.1 Å². The van der Waals surface area contributed by atoms with Crippen molar-refractivity contribution in [1.82, 2.24) is 5.32 Å². The minimum atomic E-state index is 0.243. The zero-order valence-corrected chi connectivity index (χ0v) is 12.3. The summed E-state index contributed by atoms with van der Waals surface area (Å²) in [6.07, 6.45) is 2.45. The first-order chi connectivity index (χ1) is 9.83. The lowest BCUT2D eigenvalue weighted by Gasteiger charge is -2.18. The molecule has 0 aromatic heterocycles. The molecule has 0 saturated heterocycles. The standard InChI is InChI=1S/C18H23NO/c1-3-7-18(14-19-2)20-17-12-10-16(11-13-17)15-8-5-4-6-9-15/h4-6,8-13,18-19H,3,7,14H2,1-2H3. The summed E-state index contributed by atoms with van der Waals surface area (Å²) in [6.45, 7) is 3.07. The van der Waals surface area contributed by atoms with Gasteiger partial charge in [0.25, 0.3) is 0 Å². The Labute approximate surface area is 121 Å². The first-order valence-electron chi connectivity index (χ1n) is 7.30. The summed E-state index contributed by atoms with van der Waals surface area (Å²) in [5.74, 6) is 0.943. The molecule has 1 unspecified atom stereocenters. The lowest BCUT2D eigenvalue weighted by Crippen LogP contribution is -2.28. The Morgan fingerprint density at radius 3 is 2.20 bits per heavy atom. The van der Waals surface area contributed by atoms with Gasteiger partial charge in [-0.15, -0.1) is 0 Å². The summed E-state index contributed by atoms with van der Waals surface area (Å²) in [7, 11) is 1.96. The Balaban J connectivity index is 2.04. The molecule has 0 amide bonds. The molecule has 2 heteroatoms. The van der Waals surface area contributed by atoms with Gasteiger partial charge < -0.3 is 10.1 Å². The minimum Gasteiger partial charge on any atom is -0.489 e. The molecule has 2 aromatic carbocycles. The van der Waals surface area contributed by atoms with Gasteiger partial charge in [-0.05, 0) is 36.7 Å². The highest BCUT2D eigenvalue weighted by Crippen LogP contribution is 2.23. The maximum atomic E-state index is 6.02. The van der Waals surface area contributed by atoms with Gasteiger partial charge in [0.15, 0.2) is 0 Å². The molecule has 0 aliphatic heterocycles. The van der Waals surface area contributed by atoms with Gasteiger partial charge in [-0.2, -0.15) is 0 Å². The molecule has 20 heavy (non-hydrogen) atoms. The Morgan fingerprint density at radius 2 is 1.60 bits per heavy atom. The van der Waals surface area contributed by atoms with Crippen LogP contribution in [0, 0.1) is 0 Å². The molecule has 0 spiro atoms. The fraction of sp³-hybridized carbons (Fsp3) is 0.333. The summed E-state index contributed by atoms with van der Waals surface area (Å²) in [6, 6.07) is 18.7. The summed E-state index contributed by atoms with van der Waals surface area (Å²) in [4.78, 5) is 0. The number of rotatable bonds is 7. The van der Waals surface area contributed by atoms with Crippen LogP contribution < -0.4 is 10.1 Å². The highest BCUT2D eigenvalue weighted by molar-refractivity contribution is 5.63. The molecule has 0 fully saturated rings. The van der Waals surface area contributed by atoms with Crippen molar-refractivity contribution in [1.29, 1.82) is 0 Å². The van der Waals surface area contributed by atoms with Gasteiger partial charge in [0.1, 0.15) is 11.9 Å². The molecule has 2 nitrogen and oxygen atoms in total. The molecule has 0 heterocycles. The molecule has 1 N–H and O–H groups in total. The van der Waals surface area contributed by atoms with Crippen LogP contribution in [0.4, 0.5) is 0 Å². The number of ether oxygens (including phenoxy) is 1.